The van der Waals surface area contributed by atoms with Gasteiger partial charge in [-0.2, -0.15) is 0 Å². The van der Waals surface area contributed by atoms with Gasteiger partial charge < -0.3 is 15.4 Å². The fourth-order valence-electron chi connectivity index (χ4n) is 3.36. The molecular weight excluding hydrogens is 513 g/mol. The molecule has 0 unspecified atom stereocenters. The summed E-state index contributed by atoms with van der Waals surface area (Å²) in [5.41, 5.74) is 1.43. The van der Waals surface area contributed by atoms with E-state index in [0.29, 0.717) is 45.0 Å². The van der Waals surface area contributed by atoms with E-state index in [0.717, 1.165) is 4.90 Å². The molecule has 35 heavy (non-hydrogen) atoms. The van der Waals surface area contributed by atoms with Crippen molar-refractivity contribution in [3.63, 3.8) is 0 Å². The summed E-state index contributed by atoms with van der Waals surface area (Å²) in [6.07, 6.45) is 0. The molecule has 0 aliphatic carbocycles. The van der Waals surface area contributed by atoms with E-state index in [9.17, 15) is 14.4 Å². The van der Waals surface area contributed by atoms with Gasteiger partial charge in [0.25, 0.3) is 17.7 Å². The van der Waals surface area contributed by atoms with E-state index >= 15 is 0 Å². The zero-order chi connectivity index (χ0) is 25.1. The van der Waals surface area contributed by atoms with Crippen LogP contribution in [0.3, 0.4) is 0 Å². The highest BCUT2D eigenvalue weighted by Gasteiger charge is 2.39. The number of benzene rings is 3. The Morgan fingerprint density at radius 2 is 1.63 bits per heavy atom. The smallest absolute Gasteiger partial charge is 0.283 e. The highest BCUT2D eigenvalue weighted by atomic mass is 35.5. The van der Waals surface area contributed by atoms with Gasteiger partial charge in [-0.05, 0) is 67.6 Å². The van der Waals surface area contributed by atoms with Crippen LogP contribution in [0.4, 0.5) is 17.1 Å². The average Bonchev–Trinajstić information content (AvgIpc) is 3.05. The Kier molecular flexibility index (Phi) is 7.31. The molecule has 1 heterocycles. The normalized spacial score (nSPS) is 13.3. The van der Waals surface area contributed by atoms with Gasteiger partial charge in [-0.25, -0.2) is 4.90 Å². The van der Waals surface area contributed by atoms with Crippen LogP contribution in [0.25, 0.3) is 0 Å². The lowest BCUT2D eigenvalue weighted by Gasteiger charge is -2.16. The minimum atomic E-state index is -0.656. The molecule has 0 saturated carbocycles. The number of rotatable bonds is 7. The number of anilines is 3. The highest BCUT2D eigenvalue weighted by Crippen LogP contribution is 2.31. The predicted octanol–water partition coefficient (Wildman–Crippen LogP) is 6.08. The number of amides is 3. The van der Waals surface area contributed by atoms with Crippen LogP contribution in [0.2, 0.25) is 10.0 Å². The van der Waals surface area contributed by atoms with Gasteiger partial charge in [0.1, 0.15) is 16.5 Å². The molecule has 1 aliphatic rings. The summed E-state index contributed by atoms with van der Waals surface area (Å²) in [5, 5.41) is 6.02. The molecule has 2 N–H and O–H groups in total. The summed E-state index contributed by atoms with van der Waals surface area (Å²) in [6.45, 7) is 2.35. The van der Waals surface area contributed by atoms with Crippen molar-refractivity contribution in [3.8, 4) is 5.75 Å². The van der Waals surface area contributed by atoms with Crippen molar-refractivity contribution in [2.75, 3.05) is 22.1 Å². The quantitative estimate of drug-likeness (QED) is 0.362. The van der Waals surface area contributed by atoms with Gasteiger partial charge >= 0.3 is 0 Å². The maximum Gasteiger partial charge on any atom is 0.283 e. The molecule has 0 aromatic heterocycles. The van der Waals surface area contributed by atoms with Crippen LogP contribution in [-0.4, -0.2) is 24.3 Å². The molecule has 3 amide bonds. The van der Waals surface area contributed by atoms with Crippen molar-refractivity contribution in [2.24, 2.45) is 0 Å². The monoisotopic (exact) mass is 529 g/mol. The minimum absolute atomic E-state index is 0.0902. The van der Waals surface area contributed by atoms with Crippen LogP contribution in [0.1, 0.15) is 17.3 Å². The minimum Gasteiger partial charge on any atom is -0.494 e. The number of carbonyl (C=O) groups excluding carboxylic acids is 3. The molecule has 7 nitrogen and oxygen atoms in total. The summed E-state index contributed by atoms with van der Waals surface area (Å²) in [7, 11) is 0. The molecule has 0 saturated heterocycles. The SMILES string of the molecule is CCOc1ccc(N2C(=O)C(Cl)=C(Nc3cccc(C(=O)Nc4ccc(Cl)c(Cl)c4)c3)C2=O)cc1. The van der Waals surface area contributed by atoms with Crippen LogP contribution in [-0.2, 0) is 9.59 Å². The molecule has 178 valence electrons. The van der Waals surface area contributed by atoms with E-state index in [4.69, 9.17) is 39.5 Å². The summed E-state index contributed by atoms with van der Waals surface area (Å²) in [4.78, 5) is 39.4. The van der Waals surface area contributed by atoms with Crippen LogP contribution >= 0.6 is 34.8 Å². The number of imide groups is 1. The summed E-state index contributed by atoms with van der Waals surface area (Å²) in [6, 6.07) is 17.7. The fourth-order valence-corrected chi connectivity index (χ4v) is 3.87. The first-order chi connectivity index (χ1) is 16.8. The van der Waals surface area contributed by atoms with Gasteiger partial charge in [-0.15, -0.1) is 0 Å². The second-order valence-electron chi connectivity index (χ2n) is 7.35. The van der Waals surface area contributed by atoms with E-state index < -0.39 is 17.7 Å². The van der Waals surface area contributed by atoms with E-state index in [1.807, 2.05) is 6.92 Å². The van der Waals surface area contributed by atoms with Crippen molar-refractivity contribution in [3.05, 3.63) is 93.1 Å². The second-order valence-corrected chi connectivity index (χ2v) is 8.54. The maximum absolute atomic E-state index is 13.0. The van der Waals surface area contributed by atoms with Gasteiger partial charge in [-0.1, -0.05) is 40.9 Å². The van der Waals surface area contributed by atoms with Gasteiger partial charge in [0.05, 0.1) is 22.3 Å². The van der Waals surface area contributed by atoms with Crippen molar-refractivity contribution < 1.29 is 19.1 Å². The summed E-state index contributed by atoms with van der Waals surface area (Å²) < 4.78 is 5.40. The Balaban J connectivity index is 1.51. The average molecular weight is 531 g/mol. The van der Waals surface area contributed by atoms with Gasteiger partial charge in [0.15, 0.2) is 0 Å². The van der Waals surface area contributed by atoms with Crippen molar-refractivity contribution in [2.45, 2.75) is 6.92 Å². The number of hydrogen-bond acceptors (Lipinski definition) is 5. The van der Waals surface area contributed by atoms with Gasteiger partial charge in [0, 0.05) is 16.9 Å². The fraction of sp³-hybridized carbons (Fsp3) is 0.0800. The molecule has 1 aliphatic heterocycles. The van der Waals surface area contributed by atoms with E-state index in [1.54, 1.807) is 54.6 Å². The molecule has 4 rings (SSSR count). The molecule has 0 spiro atoms. The third-order valence-corrected chi connectivity index (χ3v) is 6.09. The number of ether oxygens (including phenoxy) is 1. The molecule has 0 radical (unpaired) electrons. The highest BCUT2D eigenvalue weighted by molar-refractivity contribution is 6.53. The van der Waals surface area contributed by atoms with Crippen LogP contribution in [0, 0.1) is 0 Å². The van der Waals surface area contributed by atoms with E-state index in [1.165, 1.54) is 12.1 Å². The van der Waals surface area contributed by atoms with Crippen molar-refractivity contribution in [1.82, 2.24) is 0 Å². The van der Waals surface area contributed by atoms with Crippen LogP contribution < -0.4 is 20.3 Å². The molecule has 3 aromatic rings. The van der Waals surface area contributed by atoms with Gasteiger partial charge in [0.2, 0.25) is 0 Å². The first-order valence-corrected chi connectivity index (χ1v) is 11.6. The van der Waals surface area contributed by atoms with E-state index in [-0.39, 0.29) is 10.7 Å². The predicted molar refractivity (Wildman–Crippen MR) is 137 cm³/mol. The molecule has 0 bridgehead atoms. The number of carbonyl (C=O) groups is 3. The lowest BCUT2D eigenvalue weighted by molar-refractivity contribution is -0.120. The first kappa shape index (κ1) is 24.6. The Labute approximate surface area is 216 Å². The topological polar surface area (TPSA) is 87.7 Å². The third-order valence-electron chi connectivity index (χ3n) is 5.00. The molecular formula is C25H18Cl3N3O4. The van der Waals surface area contributed by atoms with Gasteiger partial charge in [-0.3, -0.25) is 14.4 Å². The Bertz CT molecular complexity index is 1360. The van der Waals surface area contributed by atoms with Crippen LogP contribution in [0.15, 0.2) is 77.5 Å². The Morgan fingerprint density at radius 1 is 0.886 bits per heavy atom. The van der Waals surface area contributed by atoms with Crippen LogP contribution in [0.5, 0.6) is 5.75 Å². The number of nitrogens with zero attached hydrogens (tertiary/aromatic N) is 1. The Hall–Kier alpha value is -3.52. The zero-order valence-electron chi connectivity index (χ0n) is 18.3. The zero-order valence-corrected chi connectivity index (χ0v) is 20.5. The first-order valence-electron chi connectivity index (χ1n) is 10.4. The van der Waals surface area contributed by atoms with Crippen molar-refractivity contribution >= 4 is 69.6 Å². The van der Waals surface area contributed by atoms with E-state index in [2.05, 4.69) is 10.6 Å². The largest absolute Gasteiger partial charge is 0.494 e. The number of hydrogen-bond donors (Lipinski definition) is 2. The lowest BCUT2D eigenvalue weighted by atomic mass is 10.1. The summed E-state index contributed by atoms with van der Waals surface area (Å²) in [5.74, 6) is -1.06. The second kappa shape index (κ2) is 10.4. The standard InChI is InChI=1S/C25H18Cl3N3O4/c1-2-35-18-9-7-17(8-10-18)31-24(33)21(28)22(25(31)34)29-15-5-3-4-14(12-15)23(32)30-16-6-11-19(26)20(27)13-16/h3-13,29H,2H2,1H3,(H,30,32). The van der Waals surface area contributed by atoms with Crippen molar-refractivity contribution in [1.29, 1.82) is 0 Å². The number of nitrogens with one attached hydrogen (secondary N) is 2. The molecule has 3 aromatic carbocycles. The lowest BCUT2D eigenvalue weighted by Crippen LogP contribution is -2.32. The Morgan fingerprint density at radius 3 is 2.31 bits per heavy atom. The number of halogens is 3. The third kappa shape index (κ3) is 5.27. The maximum atomic E-state index is 13.0. The molecule has 10 heteroatoms. The molecule has 0 atom stereocenters. The summed E-state index contributed by atoms with van der Waals surface area (Å²) >= 11 is 18.1. The molecule has 0 fully saturated rings.